The Hall–Kier alpha value is -3.91. The topological polar surface area (TPSA) is 94.5 Å². The van der Waals surface area contributed by atoms with Crippen molar-refractivity contribution in [3.8, 4) is 16.9 Å². The van der Waals surface area contributed by atoms with Gasteiger partial charge >= 0.3 is 12.0 Å². The molecule has 1 atom stereocenters. The average molecular weight is 475 g/mol. The highest BCUT2D eigenvalue weighted by molar-refractivity contribution is 5.95. The van der Waals surface area contributed by atoms with Gasteiger partial charge < -0.3 is 20.1 Å². The van der Waals surface area contributed by atoms with Gasteiger partial charge in [-0.2, -0.15) is 5.10 Å². The Morgan fingerprint density at radius 3 is 2.40 bits per heavy atom. The molecule has 182 valence electrons. The summed E-state index contributed by atoms with van der Waals surface area (Å²) in [7, 11) is 1.54. The van der Waals surface area contributed by atoms with Crippen LogP contribution >= 0.6 is 0 Å². The van der Waals surface area contributed by atoms with Gasteiger partial charge in [0.1, 0.15) is 6.61 Å². The number of nitrogens with zero attached hydrogens (tertiary/aromatic N) is 2. The first-order chi connectivity index (χ1) is 16.8. The van der Waals surface area contributed by atoms with Crippen molar-refractivity contribution in [3.05, 3.63) is 82.2 Å². The monoisotopic (exact) mass is 474 g/mol. The van der Waals surface area contributed by atoms with E-state index in [1.54, 1.807) is 18.7 Å². The predicted octanol–water partition coefficient (Wildman–Crippen LogP) is 4.28. The first-order valence-electron chi connectivity index (χ1n) is 11.5. The second kappa shape index (κ2) is 10.1. The number of allylic oxidation sites excluding steroid dienone is 1. The number of aryl methyl sites for hydroxylation is 3. The fourth-order valence-corrected chi connectivity index (χ4v) is 4.55. The van der Waals surface area contributed by atoms with E-state index in [0.29, 0.717) is 22.5 Å². The van der Waals surface area contributed by atoms with Crippen LogP contribution in [0.15, 0.2) is 59.9 Å². The molecule has 1 aliphatic heterocycles. The minimum Gasteiger partial charge on any atom is -0.460 e. The highest BCUT2D eigenvalue weighted by atomic mass is 16.6. The number of hydrogen-bond acceptors (Lipinski definition) is 5. The molecule has 8 nitrogen and oxygen atoms in total. The van der Waals surface area contributed by atoms with Crippen molar-refractivity contribution in [1.82, 2.24) is 20.4 Å². The molecular weight excluding hydrogens is 444 g/mol. The van der Waals surface area contributed by atoms with Gasteiger partial charge in [0.25, 0.3) is 0 Å². The number of hydrogen-bond donors (Lipinski definition) is 2. The van der Waals surface area contributed by atoms with Crippen molar-refractivity contribution < 1.29 is 19.1 Å². The lowest BCUT2D eigenvalue weighted by Gasteiger charge is -2.28. The molecule has 0 spiro atoms. The molecule has 35 heavy (non-hydrogen) atoms. The number of urea groups is 1. The van der Waals surface area contributed by atoms with Gasteiger partial charge in [-0.1, -0.05) is 35.9 Å². The van der Waals surface area contributed by atoms with Gasteiger partial charge in [-0.3, -0.25) is 0 Å². The number of benzene rings is 2. The number of methoxy groups -OCH3 is 1. The standard InChI is InChI=1S/C27H30N4O4/c1-16-13-17(2)22(18(3)14-16)25-21(15-31(30-25)20-9-7-6-8-10-20)24-23(19(4)28-27(33)29-24)26(32)35-12-11-34-5/h6-10,13-15,24H,11-12H2,1-5H3,(H2,28,29,33)/t24-/m1/s1. The van der Waals surface area contributed by atoms with Crippen LogP contribution in [0.4, 0.5) is 4.79 Å². The van der Waals surface area contributed by atoms with Crippen molar-refractivity contribution in [1.29, 1.82) is 0 Å². The first kappa shape index (κ1) is 24.2. The lowest BCUT2D eigenvalue weighted by Crippen LogP contribution is -2.45. The van der Waals surface area contributed by atoms with E-state index < -0.39 is 18.0 Å². The minimum atomic E-state index is -0.744. The molecule has 3 aromatic rings. The summed E-state index contributed by atoms with van der Waals surface area (Å²) in [6.07, 6.45) is 1.87. The maximum Gasteiger partial charge on any atom is 0.338 e. The zero-order chi connectivity index (χ0) is 25.1. The largest absolute Gasteiger partial charge is 0.460 e. The number of para-hydroxylation sites is 1. The van der Waals surface area contributed by atoms with E-state index >= 15 is 0 Å². The molecule has 4 rings (SSSR count). The highest BCUT2D eigenvalue weighted by Crippen LogP contribution is 2.37. The van der Waals surface area contributed by atoms with Gasteiger partial charge in [0, 0.05) is 30.1 Å². The van der Waals surface area contributed by atoms with Crippen LogP contribution in [0.25, 0.3) is 16.9 Å². The number of carbonyl (C=O) groups excluding carboxylic acids is 2. The van der Waals surface area contributed by atoms with Crippen LogP contribution in [0.3, 0.4) is 0 Å². The minimum absolute atomic E-state index is 0.110. The second-order valence-electron chi connectivity index (χ2n) is 8.69. The lowest BCUT2D eigenvalue weighted by atomic mass is 9.90. The van der Waals surface area contributed by atoms with Gasteiger partial charge in [0.05, 0.1) is 29.6 Å². The SMILES string of the molecule is COCCOC(=O)C1=C(C)NC(=O)N[C@@H]1c1cn(-c2ccccc2)nc1-c1c(C)cc(C)cc1C. The van der Waals surface area contributed by atoms with Crippen LogP contribution in [0.5, 0.6) is 0 Å². The molecule has 0 unspecified atom stereocenters. The molecule has 0 fully saturated rings. The van der Waals surface area contributed by atoms with Gasteiger partial charge in [0.2, 0.25) is 0 Å². The molecule has 0 bridgehead atoms. The smallest absolute Gasteiger partial charge is 0.338 e. The molecule has 2 amide bonds. The summed E-state index contributed by atoms with van der Waals surface area (Å²) >= 11 is 0. The number of ether oxygens (including phenoxy) is 2. The second-order valence-corrected chi connectivity index (χ2v) is 8.69. The van der Waals surface area contributed by atoms with Gasteiger partial charge in [-0.25, -0.2) is 14.3 Å². The molecule has 0 saturated heterocycles. The molecule has 0 aliphatic carbocycles. The van der Waals surface area contributed by atoms with Crippen LogP contribution in [-0.4, -0.2) is 42.1 Å². The van der Waals surface area contributed by atoms with E-state index in [1.165, 1.54) is 0 Å². The van der Waals surface area contributed by atoms with Crippen molar-refractivity contribution in [2.75, 3.05) is 20.3 Å². The summed E-state index contributed by atoms with van der Waals surface area (Å²) in [5, 5.41) is 10.6. The van der Waals surface area contributed by atoms with E-state index in [-0.39, 0.29) is 13.2 Å². The van der Waals surface area contributed by atoms with Crippen LogP contribution in [0.1, 0.15) is 35.2 Å². The first-order valence-corrected chi connectivity index (χ1v) is 11.5. The lowest BCUT2D eigenvalue weighted by molar-refractivity contribution is -0.140. The third-order valence-electron chi connectivity index (χ3n) is 6.00. The Labute approximate surface area is 204 Å². The van der Waals surface area contributed by atoms with E-state index in [1.807, 2.05) is 50.4 Å². The average Bonchev–Trinajstić information content (AvgIpc) is 3.23. The molecule has 2 N–H and O–H groups in total. The summed E-state index contributed by atoms with van der Waals surface area (Å²) in [5.41, 5.74) is 7.29. The Kier molecular flexibility index (Phi) is 7.02. The quantitative estimate of drug-likeness (QED) is 0.394. The summed E-state index contributed by atoms with van der Waals surface area (Å²) < 4.78 is 12.2. The van der Waals surface area contributed by atoms with Gasteiger partial charge in [-0.05, 0) is 51.0 Å². The normalized spacial score (nSPS) is 15.6. The Bertz CT molecular complexity index is 1270. The molecule has 1 aliphatic rings. The summed E-state index contributed by atoms with van der Waals surface area (Å²) in [4.78, 5) is 25.7. The maximum atomic E-state index is 13.1. The van der Waals surface area contributed by atoms with Crippen LogP contribution in [0, 0.1) is 20.8 Å². The van der Waals surface area contributed by atoms with Crippen molar-refractivity contribution in [3.63, 3.8) is 0 Å². The number of nitrogens with one attached hydrogen (secondary N) is 2. The van der Waals surface area contributed by atoms with E-state index in [4.69, 9.17) is 14.6 Å². The molecular formula is C27H30N4O4. The van der Waals surface area contributed by atoms with Crippen LogP contribution in [0.2, 0.25) is 0 Å². The predicted molar refractivity (Wildman–Crippen MR) is 133 cm³/mol. The van der Waals surface area contributed by atoms with Crippen molar-refractivity contribution in [2.45, 2.75) is 33.7 Å². The number of aromatic nitrogens is 2. The number of carbonyl (C=O) groups is 2. The maximum absolute atomic E-state index is 13.1. The summed E-state index contributed by atoms with van der Waals surface area (Å²) in [5.74, 6) is -0.521. The van der Waals surface area contributed by atoms with E-state index in [2.05, 4.69) is 29.7 Å². The fourth-order valence-electron chi connectivity index (χ4n) is 4.55. The van der Waals surface area contributed by atoms with Crippen molar-refractivity contribution >= 4 is 12.0 Å². The summed E-state index contributed by atoms with van der Waals surface area (Å²) in [6.45, 7) is 8.23. The third kappa shape index (κ3) is 4.97. The fraction of sp³-hybridized carbons (Fsp3) is 0.296. The van der Waals surface area contributed by atoms with Crippen molar-refractivity contribution in [2.24, 2.45) is 0 Å². The van der Waals surface area contributed by atoms with Crippen LogP contribution < -0.4 is 10.6 Å². The Balaban J connectivity index is 1.90. The molecule has 0 radical (unpaired) electrons. The van der Waals surface area contributed by atoms with Gasteiger partial charge in [-0.15, -0.1) is 0 Å². The highest BCUT2D eigenvalue weighted by Gasteiger charge is 2.35. The van der Waals surface area contributed by atoms with Gasteiger partial charge in [0.15, 0.2) is 0 Å². The number of rotatable bonds is 7. The Morgan fingerprint density at radius 1 is 1.06 bits per heavy atom. The molecule has 2 aromatic carbocycles. The Morgan fingerprint density at radius 2 is 1.74 bits per heavy atom. The molecule has 1 aromatic heterocycles. The third-order valence-corrected chi connectivity index (χ3v) is 6.00. The van der Waals surface area contributed by atoms with Crippen LogP contribution in [-0.2, 0) is 14.3 Å². The van der Waals surface area contributed by atoms with E-state index in [9.17, 15) is 9.59 Å². The number of amides is 2. The number of esters is 1. The molecule has 2 heterocycles. The van der Waals surface area contributed by atoms with E-state index in [0.717, 1.165) is 27.9 Å². The molecule has 8 heteroatoms. The zero-order valence-corrected chi connectivity index (χ0v) is 20.6. The zero-order valence-electron chi connectivity index (χ0n) is 20.6. The molecule has 0 saturated carbocycles. The summed E-state index contributed by atoms with van der Waals surface area (Å²) in [6, 6.07) is 12.8.